The highest BCUT2D eigenvalue weighted by Crippen LogP contribution is 2.40. The summed E-state index contributed by atoms with van der Waals surface area (Å²) in [6, 6.07) is 0.366. The highest BCUT2D eigenvalue weighted by atomic mass is 32.1. The Labute approximate surface area is 280 Å². The molecule has 4 aromatic rings. The topological polar surface area (TPSA) is 190 Å². The Bertz CT molecular complexity index is 1200. The van der Waals surface area contributed by atoms with Crippen LogP contribution in [0.1, 0.15) is 139 Å². The first-order valence-electron chi connectivity index (χ1n) is 12.4. The minimum Gasteiger partial charge on any atom is -0.374 e. The molecule has 0 atom stereocenters. The normalized spacial score (nSPS) is 9.86. The van der Waals surface area contributed by atoms with Crippen LogP contribution in [0.25, 0.3) is 0 Å². The van der Waals surface area contributed by atoms with Crippen LogP contribution >= 0.6 is 41.7 Å². The predicted octanol–water partition coefficient (Wildman–Crippen LogP) is 8.71. The number of nitrogens with zero attached hydrogens (tertiary/aromatic N) is 10. The van der Waals surface area contributed by atoms with Crippen molar-refractivity contribution in [2.45, 2.75) is 122 Å². The molecular formula is C27H61N12OPS3. The van der Waals surface area contributed by atoms with Gasteiger partial charge in [-0.2, -0.15) is 13.1 Å². The molecule has 44 heavy (non-hydrogen) atoms. The van der Waals surface area contributed by atoms with Crippen LogP contribution in [0.5, 0.6) is 0 Å². The Morgan fingerprint density at radius 2 is 1.09 bits per heavy atom. The van der Waals surface area contributed by atoms with Crippen LogP contribution in [-0.4, -0.2) is 61.6 Å². The lowest BCUT2D eigenvalue weighted by molar-refractivity contribution is 0.514. The molecule has 4 rings (SSSR count). The van der Waals surface area contributed by atoms with Gasteiger partial charge in [-0.3, -0.25) is 0 Å². The third-order valence-electron chi connectivity index (χ3n) is 4.36. The SMILES string of the molecule is C.C.C.C.C.CC(C)c1nsc(CP(C)(C)=O)n1.CC(C)c1nsc(N)n1.CC(C)c1nsc(N)n1.CC(C)n1cnnn1. The Balaban J connectivity index is -0.000000150. The van der Waals surface area contributed by atoms with Gasteiger partial charge in [0.05, 0.1) is 13.3 Å². The molecule has 0 radical (unpaired) electrons. The molecule has 4 N–H and O–H groups in total. The second kappa shape index (κ2) is 24.8. The van der Waals surface area contributed by atoms with Crippen molar-refractivity contribution < 1.29 is 4.57 Å². The molecule has 13 nitrogen and oxygen atoms in total. The molecule has 0 fully saturated rings. The Kier molecular flexibility index (Phi) is 28.9. The molecule has 0 amide bonds. The van der Waals surface area contributed by atoms with Crippen molar-refractivity contribution in [1.82, 2.24) is 48.3 Å². The molecule has 0 saturated carbocycles. The zero-order chi connectivity index (χ0) is 29.8. The van der Waals surface area contributed by atoms with Gasteiger partial charge >= 0.3 is 0 Å². The van der Waals surface area contributed by atoms with Gasteiger partial charge in [0.25, 0.3) is 0 Å². The van der Waals surface area contributed by atoms with Crippen molar-refractivity contribution in [2.24, 2.45) is 0 Å². The molecule has 258 valence electrons. The van der Waals surface area contributed by atoms with Crippen LogP contribution in [0.3, 0.4) is 0 Å². The van der Waals surface area contributed by atoms with Gasteiger partial charge in [0.1, 0.15) is 28.8 Å². The first-order valence-corrected chi connectivity index (χ1v) is 17.5. The number of hydrogen-bond donors (Lipinski definition) is 2. The molecule has 0 saturated heterocycles. The van der Waals surface area contributed by atoms with Crippen molar-refractivity contribution in [2.75, 3.05) is 24.8 Å². The van der Waals surface area contributed by atoms with Gasteiger partial charge in [-0.25, -0.2) is 19.6 Å². The largest absolute Gasteiger partial charge is 0.374 e. The van der Waals surface area contributed by atoms with Gasteiger partial charge in [0.15, 0.2) is 10.3 Å². The number of rotatable bonds is 6. The van der Waals surface area contributed by atoms with Crippen molar-refractivity contribution >= 4 is 52.0 Å². The van der Waals surface area contributed by atoms with E-state index in [1.54, 1.807) is 24.3 Å². The molecule has 17 heteroatoms. The molecule has 0 bridgehead atoms. The number of aromatic nitrogens is 10. The van der Waals surface area contributed by atoms with E-state index in [-0.39, 0.29) is 37.1 Å². The third kappa shape index (κ3) is 21.3. The van der Waals surface area contributed by atoms with E-state index in [1.165, 1.54) is 34.6 Å². The number of nitrogens with two attached hydrogens (primary N) is 2. The van der Waals surface area contributed by atoms with Gasteiger partial charge in [-0.05, 0) is 49.1 Å². The van der Waals surface area contributed by atoms with Crippen LogP contribution in [-0.2, 0) is 10.7 Å². The molecule has 4 aromatic heterocycles. The fraction of sp³-hybridized carbons (Fsp3) is 0.741. The number of tetrazole rings is 1. The summed E-state index contributed by atoms with van der Waals surface area (Å²) in [6.45, 7) is 19.9. The van der Waals surface area contributed by atoms with E-state index < -0.39 is 7.14 Å². The number of hydrogen-bond acceptors (Lipinski definition) is 15. The second-order valence-electron chi connectivity index (χ2n) is 10.1. The summed E-state index contributed by atoms with van der Waals surface area (Å²) in [5, 5.41) is 12.6. The Morgan fingerprint density at radius 1 is 0.705 bits per heavy atom. The molecular weight excluding hydrogens is 636 g/mol. The van der Waals surface area contributed by atoms with Crippen LogP contribution < -0.4 is 11.5 Å². The average molecular weight is 697 g/mol. The monoisotopic (exact) mass is 696 g/mol. The maximum absolute atomic E-state index is 11.5. The van der Waals surface area contributed by atoms with Crippen LogP contribution in [0, 0.1) is 0 Å². The molecule has 0 aromatic carbocycles. The van der Waals surface area contributed by atoms with Gasteiger partial charge in [0.2, 0.25) is 0 Å². The summed E-state index contributed by atoms with van der Waals surface area (Å²) >= 11 is 3.87. The molecule has 0 unspecified atom stereocenters. The van der Waals surface area contributed by atoms with Gasteiger partial charge in [-0.1, -0.05) is 78.7 Å². The summed E-state index contributed by atoms with van der Waals surface area (Å²) in [5.41, 5.74) is 10.7. The van der Waals surface area contributed by atoms with Gasteiger partial charge in [0, 0.05) is 46.9 Å². The van der Waals surface area contributed by atoms with Crippen LogP contribution in [0.4, 0.5) is 10.3 Å². The van der Waals surface area contributed by atoms with Crippen LogP contribution in [0.2, 0.25) is 0 Å². The first-order chi connectivity index (χ1) is 18.1. The van der Waals surface area contributed by atoms with E-state index in [2.05, 4.69) is 57.4 Å². The van der Waals surface area contributed by atoms with E-state index in [4.69, 9.17) is 11.5 Å². The molecule has 4 heterocycles. The van der Waals surface area contributed by atoms with Crippen molar-refractivity contribution in [1.29, 1.82) is 0 Å². The third-order valence-corrected chi connectivity index (χ3v) is 7.47. The predicted molar refractivity (Wildman–Crippen MR) is 196 cm³/mol. The smallest absolute Gasteiger partial charge is 0.199 e. The zero-order valence-electron chi connectivity index (χ0n) is 24.3. The Hall–Kier alpha value is -2.42. The summed E-state index contributed by atoms with van der Waals surface area (Å²) in [4.78, 5) is 12.3. The number of nitrogen functional groups attached to an aromatic ring is 2. The lowest BCUT2D eigenvalue weighted by atomic mass is 10.2. The summed E-state index contributed by atoms with van der Waals surface area (Å²) < 4.78 is 25.4. The number of anilines is 2. The fourth-order valence-electron chi connectivity index (χ4n) is 2.26. The van der Waals surface area contributed by atoms with Crippen molar-refractivity contribution in [3.05, 3.63) is 28.8 Å². The van der Waals surface area contributed by atoms with E-state index in [0.29, 0.717) is 40.2 Å². The van der Waals surface area contributed by atoms with E-state index in [1.807, 2.05) is 41.5 Å². The van der Waals surface area contributed by atoms with E-state index >= 15 is 0 Å². The summed E-state index contributed by atoms with van der Waals surface area (Å²) in [5.74, 6) is 3.69. The average Bonchev–Trinajstić information content (AvgIpc) is 3.62. The van der Waals surface area contributed by atoms with Crippen molar-refractivity contribution in [3.8, 4) is 0 Å². The van der Waals surface area contributed by atoms with Crippen LogP contribution in [0.15, 0.2) is 6.33 Å². The lowest BCUT2D eigenvalue weighted by Gasteiger charge is -2.01. The maximum atomic E-state index is 11.5. The quantitative estimate of drug-likeness (QED) is 0.183. The summed E-state index contributed by atoms with van der Waals surface area (Å²) in [7, 11) is -2.00. The highest BCUT2D eigenvalue weighted by molar-refractivity contribution is 7.61. The fourth-order valence-corrected chi connectivity index (χ4v) is 5.88. The Morgan fingerprint density at radius 3 is 1.30 bits per heavy atom. The van der Waals surface area contributed by atoms with E-state index in [0.717, 1.165) is 22.5 Å². The maximum Gasteiger partial charge on any atom is 0.199 e. The molecule has 0 spiro atoms. The minimum atomic E-state index is -2.00. The molecule has 0 aliphatic heterocycles. The standard InChI is InChI=1S/C8H15N2OPS.2C5H9N3S.C4H8N4.5CH4/c1-6(2)8-9-7(13-10-8)5-12(3,4)11;2*1-3(2)4-7-5(6)9-8-4;1-4(2)8-3-5-6-7-8;;;;;/h6H,5H2,1-4H3;2*3H,1-2H3,(H2,6,7,8);3-4H,1-2H3;5*1H4. The zero-order valence-corrected chi connectivity index (χ0v) is 27.6. The first kappa shape index (κ1) is 51.2. The van der Waals surface area contributed by atoms with E-state index in [9.17, 15) is 4.57 Å². The van der Waals surface area contributed by atoms with Gasteiger partial charge in [-0.15, -0.1) is 5.10 Å². The second-order valence-corrected chi connectivity index (χ2v) is 16.0. The van der Waals surface area contributed by atoms with Crippen molar-refractivity contribution in [3.63, 3.8) is 0 Å². The highest BCUT2D eigenvalue weighted by Gasteiger charge is 2.14. The van der Waals surface area contributed by atoms with Gasteiger partial charge < -0.3 is 16.0 Å². The minimum absolute atomic E-state index is 0. The summed E-state index contributed by atoms with van der Waals surface area (Å²) in [6.07, 6.45) is 2.18. The lowest BCUT2D eigenvalue weighted by Crippen LogP contribution is -2.00. The molecule has 0 aliphatic carbocycles. The molecule has 0 aliphatic rings.